The maximum Gasteiger partial charge on any atom is 0.308 e. The van der Waals surface area contributed by atoms with Gasteiger partial charge in [-0.3, -0.25) is 19.2 Å². The Kier molecular flexibility index (Phi) is 8.44. The summed E-state index contributed by atoms with van der Waals surface area (Å²) in [5.41, 5.74) is -1.12. The summed E-state index contributed by atoms with van der Waals surface area (Å²) < 4.78 is 0. The summed E-state index contributed by atoms with van der Waals surface area (Å²) in [5, 5.41) is 38.6. The highest BCUT2D eigenvalue weighted by Gasteiger charge is 2.60. The van der Waals surface area contributed by atoms with Gasteiger partial charge in [-0.2, -0.15) is 0 Å². The van der Waals surface area contributed by atoms with Crippen molar-refractivity contribution in [2.45, 2.75) is 69.6 Å². The second-order valence-electron chi connectivity index (χ2n) is 8.23. The smallest absolute Gasteiger partial charge is 0.308 e. The molecule has 8 nitrogen and oxygen atoms in total. The molecule has 0 aromatic carbocycles. The van der Waals surface area contributed by atoms with Crippen LogP contribution in [0, 0.1) is 23.7 Å². The molecule has 2 heterocycles. The molecular formula is C20H31O8P. The summed E-state index contributed by atoms with van der Waals surface area (Å²) in [7, 11) is -1.07. The minimum atomic E-state index is -1.24. The predicted molar refractivity (Wildman–Crippen MR) is 106 cm³/mol. The van der Waals surface area contributed by atoms with Crippen LogP contribution in [0.4, 0.5) is 0 Å². The first-order chi connectivity index (χ1) is 13.7. The lowest BCUT2D eigenvalue weighted by Crippen LogP contribution is -2.42. The van der Waals surface area contributed by atoms with Crippen LogP contribution in [-0.4, -0.2) is 61.8 Å². The normalized spacial score (nSPS) is 33.8. The molecule has 2 aliphatic heterocycles. The van der Waals surface area contributed by atoms with Crippen molar-refractivity contribution in [2.75, 3.05) is 6.16 Å². The SMILES string of the molecule is CCCCCCCCP1C2CC(C(=O)O)C(C(=O)O)CC1C(C(=O)O)C2C(=O)O. The van der Waals surface area contributed by atoms with E-state index in [1.165, 1.54) is 0 Å². The van der Waals surface area contributed by atoms with Gasteiger partial charge in [0.2, 0.25) is 0 Å². The highest BCUT2D eigenvalue weighted by Crippen LogP contribution is 2.66. The molecule has 6 atom stereocenters. The van der Waals surface area contributed by atoms with Crippen molar-refractivity contribution in [3.05, 3.63) is 0 Å². The zero-order valence-electron chi connectivity index (χ0n) is 16.7. The molecule has 29 heavy (non-hydrogen) atoms. The Morgan fingerprint density at radius 2 is 1.10 bits per heavy atom. The van der Waals surface area contributed by atoms with Crippen LogP contribution in [-0.2, 0) is 19.2 Å². The van der Waals surface area contributed by atoms with E-state index in [0.29, 0.717) is 6.16 Å². The lowest BCUT2D eigenvalue weighted by Gasteiger charge is -2.28. The zero-order valence-corrected chi connectivity index (χ0v) is 17.6. The molecule has 164 valence electrons. The van der Waals surface area contributed by atoms with Crippen molar-refractivity contribution < 1.29 is 39.6 Å². The monoisotopic (exact) mass is 430 g/mol. The molecule has 2 bridgehead atoms. The Hall–Kier alpha value is -1.69. The Morgan fingerprint density at radius 1 is 0.690 bits per heavy atom. The average Bonchev–Trinajstić information content (AvgIpc) is 2.81. The second-order valence-corrected chi connectivity index (χ2v) is 11.0. The summed E-state index contributed by atoms with van der Waals surface area (Å²) in [6.07, 6.45) is 6.84. The first-order valence-corrected chi connectivity index (χ1v) is 12.0. The Morgan fingerprint density at radius 3 is 1.48 bits per heavy atom. The Balaban J connectivity index is 2.28. The number of aliphatic carboxylic acids is 4. The van der Waals surface area contributed by atoms with E-state index in [9.17, 15) is 39.6 Å². The van der Waals surface area contributed by atoms with E-state index in [0.717, 1.165) is 38.5 Å². The lowest BCUT2D eigenvalue weighted by atomic mass is 9.74. The van der Waals surface area contributed by atoms with E-state index in [-0.39, 0.29) is 12.8 Å². The summed E-state index contributed by atoms with van der Waals surface area (Å²) in [6.45, 7) is 2.13. The highest BCUT2D eigenvalue weighted by atomic mass is 31.1. The standard InChI is InChI=1S/C20H31O8P/c1-2-3-4-5-6-7-8-29-13-9-11(17(21)22)12(18(23)24)10-14(29)16(20(27)28)15(13)19(25)26/h11-16H,2-10H2,1H3,(H,21,22)(H,23,24)(H,25,26)(H,27,28). The lowest BCUT2D eigenvalue weighted by molar-refractivity contribution is -0.158. The Labute approximate surface area is 171 Å². The number of hydrogen-bond donors (Lipinski definition) is 4. The van der Waals surface area contributed by atoms with Crippen molar-refractivity contribution in [3.8, 4) is 0 Å². The van der Waals surface area contributed by atoms with Crippen LogP contribution in [0.5, 0.6) is 0 Å². The van der Waals surface area contributed by atoms with Gasteiger partial charge in [-0.05, 0) is 36.7 Å². The van der Waals surface area contributed by atoms with Gasteiger partial charge in [-0.15, -0.1) is 0 Å². The summed E-state index contributed by atoms with van der Waals surface area (Å²) in [6, 6.07) is 0. The van der Waals surface area contributed by atoms with E-state index in [2.05, 4.69) is 6.92 Å². The van der Waals surface area contributed by atoms with Crippen molar-refractivity contribution in [1.82, 2.24) is 0 Å². The zero-order chi connectivity index (χ0) is 21.7. The summed E-state index contributed by atoms with van der Waals surface area (Å²) >= 11 is 0. The fourth-order valence-corrected chi connectivity index (χ4v) is 9.33. The van der Waals surface area contributed by atoms with Gasteiger partial charge in [-0.1, -0.05) is 46.9 Å². The molecule has 4 N–H and O–H groups in total. The van der Waals surface area contributed by atoms with E-state index >= 15 is 0 Å². The number of hydrogen-bond acceptors (Lipinski definition) is 4. The molecule has 0 saturated carbocycles. The van der Waals surface area contributed by atoms with Gasteiger partial charge in [0.1, 0.15) is 0 Å². The van der Waals surface area contributed by atoms with Gasteiger partial charge >= 0.3 is 23.9 Å². The topological polar surface area (TPSA) is 149 Å². The third-order valence-electron chi connectivity index (χ3n) is 6.52. The van der Waals surface area contributed by atoms with Crippen LogP contribution in [0.15, 0.2) is 0 Å². The number of rotatable bonds is 11. The third-order valence-corrected chi connectivity index (χ3v) is 10.1. The molecule has 0 radical (unpaired) electrons. The van der Waals surface area contributed by atoms with Gasteiger partial charge in [-0.25, -0.2) is 0 Å². The van der Waals surface area contributed by atoms with Gasteiger partial charge < -0.3 is 20.4 Å². The Bertz CT molecular complexity index is 590. The molecule has 2 rings (SSSR count). The highest BCUT2D eigenvalue weighted by molar-refractivity contribution is 7.59. The van der Waals surface area contributed by atoms with Gasteiger partial charge in [0.25, 0.3) is 0 Å². The molecule has 2 fully saturated rings. The fraction of sp³-hybridized carbons (Fsp3) is 0.800. The van der Waals surface area contributed by atoms with Crippen molar-refractivity contribution >= 4 is 31.8 Å². The number of carbonyl (C=O) groups is 4. The van der Waals surface area contributed by atoms with Crippen LogP contribution in [0.3, 0.4) is 0 Å². The molecule has 6 unspecified atom stereocenters. The van der Waals surface area contributed by atoms with Crippen LogP contribution in [0.25, 0.3) is 0 Å². The maximum absolute atomic E-state index is 11.9. The minimum Gasteiger partial charge on any atom is -0.481 e. The van der Waals surface area contributed by atoms with Crippen LogP contribution >= 0.6 is 7.92 Å². The van der Waals surface area contributed by atoms with Crippen molar-refractivity contribution in [3.63, 3.8) is 0 Å². The largest absolute Gasteiger partial charge is 0.481 e. The number of carboxylic acids is 4. The predicted octanol–water partition coefficient (Wildman–Crippen LogP) is 3.18. The quantitative estimate of drug-likeness (QED) is 0.288. The first kappa shape index (κ1) is 23.6. The number of fused-ring (bicyclic) bond motifs is 2. The number of unbranched alkanes of at least 4 members (excludes halogenated alkanes) is 5. The van der Waals surface area contributed by atoms with Crippen molar-refractivity contribution in [1.29, 1.82) is 0 Å². The van der Waals surface area contributed by atoms with E-state index < -0.39 is 66.8 Å². The van der Waals surface area contributed by atoms with Gasteiger partial charge in [0.15, 0.2) is 0 Å². The van der Waals surface area contributed by atoms with E-state index in [1.54, 1.807) is 0 Å². The summed E-state index contributed by atoms with van der Waals surface area (Å²) in [5.74, 6) is -9.52. The maximum atomic E-state index is 11.9. The molecule has 0 aromatic heterocycles. The molecule has 9 heteroatoms. The molecule has 2 aliphatic rings. The first-order valence-electron chi connectivity index (χ1n) is 10.4. The molecule has 2 saturated heterocycles. The van der Waals surface area contributed by atoms with Crippen LogP contribution in [0.1, 0.15) is 58.3 Å². The van der Waals surface area contributed by atoms with Gasteiger partial charge in [0, 0.05) is 0 Å². The van der Waals surface area contributed by atoms with Crippen molar-refractivity contribution in [2.24, 2.45) is 23.7 Å². The molecular weight excluding hydrogens is 399 g/mol. The van der Waals surface area contributed by atoms with Gasteiger partial charge in [0.05, 0.1) is 23.7 Å². The summed E-state index contributed by atoms with van der Waals surface area (Å²) in [4.78, 5) is 47.4. The molecule has 0 amide bonds. The van der Waals surface area contributed by atoms with E-state index in [1.807, 2.05) is 0 Å². The number of carboxylic acid groups (broad SMARTS) is 4. The van der Waals surface area contributed by atoms with Crippen LogP contribution in [0.2, 0.25) is 0 Å². The molecule has 0 spiro atoms. The second kappa shape index (κ2) is 10.4. The average molecular weight is 430 g/mol. The van der Waals surface area contributed by atoms with Crippen LogP contribution < -0.4 is 0 Å². The molecule has 0 aliphatic carbocycles. The third kappa shape index (κ3) is 5.27. The van der Waals surface area contributed by atoms with E-state index in [4.69, 9.17) is 0 Å². The fourth-order valence-electron chi connectivity index (χ4n) is 5.14. The molecule has 0 aromatic rings. The minimum absolute atomic E-state index is 0.0644.